The highest BCUT2D eigenvalue weighted by Crippen LogP contribution is 2.29. The molecule has 1 aromatic carbocycles. The maximum Gasteiger partial charge on any atom is 0.124 e. The van der Waals surface area contributed by atoms with E-state index in [0.29, 0.717) is 6.61 Å². The van der Waals surface area contributed by atoms with Gasteiger partial charge in [0, 0.05) is 23.5 Å². The quantitative estimate of drug-likeness (QED) is 0.841. The van der Waals surface area contributed by atoms with Gasteiger partial charge in [-0.05, 0) is 26.0 Å². The second kappa shape index (κ2) is 7.60. The van der Waals surface area contributed by atoms with Crippen molar-refractivity contribution in [2.75, 3.05) is 13.2 Å². The minimum Gasteiger partial charge on any atom is -0.494 e. The third-order valence-electron chi connectivity index (χ3n) is 3.04. The molecule has 0 saturated carbocycles. The van der Waals surface area contributed by atoms with Gasteiger partial charge in [-0.15, -0.1) is 0 Å². The predicted molar refractivity (Wildman–Crippen MR) is 79.8 cm³/mol. The summed E-state index contributed by atoms with van der Waals surface area (Å²) in [6.07, 6.45) is 6.32. The lowest BCUT2D eigenvalue weighted by Crippen LogP contribution is -2.24. The summed E-state index contributed by atoms with van der Waals surface area (Å²) in [7, 11) is 0. The summed E-state index contributed by atoms with van der Waals surface area (Å²) in [4.78, 5) is 8.25. The van der Waals surface area contributed by atoms with E-state index in [1.807, 2.05) is 37.5 Å². The Morgan fingerprint density at radius 3 is 2.60 bits per heavy atom. The van der Waals surface area contributed by atoms with E-state index in [2.05, 4.69) is 28.3 Å². The first-order valence-electron chi connectivity index (χ1n) is 7.06. The summed E-state index contributed by atoms with van der Waals surface area (Å²) in [5, 5.41) is 3.54. The van der Waals surface area contributed by atoms with Crippen LogP contribution >= 0.6 is 0 Å². The van der Waals surface area contributed by atoms with Crippen molar-refractivity contribution in [2.24, 2.45) is 0 Å². The number of hydrogen-bond donors (Lipinski definition) is 1. The van der Waals surface area contributed by atoms with Crippen LogP contribution in [0.25, 0.3) is 0 Å². The van der Waals surface area contributed by atoms with E-state index in [9.17, 15) is 0 Å². The van der Waals surface area contributed by atoms with Crippen molar-refractivity contribution in [1.29, 1.82) is 0 Å². The Kier molecular flexibility index (Phi) is 5.50. The zero-order valence-corrected chi connectivity index (χ0v) is 12.0. The monoisotopic (exact) mass is 271 g/mol. The third kappa shape index (κ3) is 3.54. The Labute approximate surface area is 120 Å². The Morgan fingerprint density at radius 1 is 1.15 bits per heavy atom. The zero-order chi connectivity index (χ0) is 14.2. The number of rotatable bonds is 7. The molecule has 2 rings (SSSR count). The lowest BCUT2D eigenvalue weighted by atomic mass is 10.00. The Balaban J connectivity index is 2.36. The van der Waals surface area contributed by atoms with Crippen molar-refractivity contribution in [3.05, 3.63) is 54.1 Å². The zero-order valence-electron chi connectivity index (χ0n) is 12.0. The Morgan fingerprint density at radius 2 is 1.90 bits per heavy atom. The van der Waals surface area contributed by atoms with Gasteiger partial charge >= 0.3 is 0 Å². The first-order valence-corrected chi connectivity index (χ1v) is 7.06. The molecule has 0 bridgehead atoms. The summed E-state index contributed by atoms with van der Waals surface area (Å²) in [5.74, 6) is 0.910. The first-order chi connectivity index (χ1) is 9.86. The van der Waals surface area contributed by atoms with Crippen molar-refractivity contribution >= 4 is 0 Å². The van der Waals surface area contributed by atoms with E-state index in [4.69, 9.17) is 4.74 Å². The summed E-state index contributed by atoms with van der Waals surface area (Å²) in [6.45, 7) is 5.74. The molecule has 0 saturated heterocycles. The molecule has 1 aromatic heterocycles. The molecular weight excluding hydrogens is 250 g/mol. The van der Waals surface area contributed by atoms with Crippen LogP contribution < -0.4 is 10.1 Å². The summed E-state index contributed by atoms with van der Waals surface area (Å²) in [5.41, 5.74) is 2.17. The second-order valence-corrected chi connectivity index (χ2v) is 4.53. The summed E-state index contributed by atoms with van der Waals surface area (Å²) < 4.78 is 5.74. The number of nitrogens with one attached hydrogen (secondary N) is 1. The van der Waals surface area contributed by atoms with Crippen LogP contribution in [0.1, 0.15) is 37.4 Å². The average Bonchev–Trinajstić information content (AvgIpc) is 2.50. The topological polar surface area (TPSA) is 47.0 Å². The summed E-state index contributed by atoms with van der Waals surface area (Å²) in [6, 6.07) is 8.17. The standard InChI is InChI=1S/C16H21N3O/c1-3-9-19-16(13-10-17-12-18-11-13)14-7-5-6-8-15(14)20-4-2/h5-8,10-12,16,19H,3-4,9H2,1-2H3. The lowest BCUT2D eigenvalue weighted by Gasteiger charge is -2.21. The number of hydrogen-bond acceptors (Lipinski definition) is 4. The number of para-hydroxylation sites is 1. The van der Waals surface area contributed by atoms with Gasteiger partial charge in [0.15, 0.2) is 0 Å². The largest absolute Gasteiger partial charge is 0.494 e. The van der Waals surface area contributed by atoms with Gasteiger partial charge in [-0.25, -0.2) is 9.97 Å². The SMILES string of the molecule is CCCNC(c1cncnc1)c1ccccc1OCC. The Hall–Kier alpha value is -1.94. The van der Waals surface area contributed by atoms with Crippen molar-refractivity contribution in [3.63, 3.8) is 0 Å². The predicted octanol–water partition coefficient (Wildman–Crippen LogP) is 2.96. The van der Waals surface area contributed by atoms with Crippen LogP contribution in [0.2, 0.25) is 0 Å². The van der Waals surface area contributed by atoms with Crippen LogP contribution in [0.15, 0.2) is 43.0 Å². The molecule has 0 aliphatic rings. The minimum atomic E-state index is 0.0545. The van der Waals surface area contributed by atoms with E-state index in [-0.39, 0.29) is 6.04 Å². The molecule has 2 aromatic rings. The molecule has 0 fully saturated rings. The third-order valence-corrected chi connectivity index (χ3v) is 3.04. The molecular formula is C16H21N3O. The van der Waals surface area contributed by atoms with Gasteiger partial charge in [0.05, 0.1) is 12.6 Å². The van der Waals surface area contributed by atoms with E-state index in [1.165, 1.54) is 0 Å². The van der Waals surface area contributed by atoms with E-state index in [0.717, 1.165) is 29.8 Å². The van der Waals surface area contributed by atoms with Crippen molar-refractivity contribution in [3.8, 4) is 5.75 Å². The fourth-order valence-corrected chi connectivity index (χ4v) is 2.16. The number of ether oxygens (including phenoxy) is 1. The molecule has 106 valence electrons. The smallest absolute Gasteiger partial charge is 0.124 e. The second-order valence-electron chi connectivity index (χ2n) is 4.53. The molecule has 1 N–H and O–H groups in total. The van der Waals surface area contributed by atoms with E-state index < -0.39 is 0 Å². The molecule has 0 amide bonds. The van der Waals surface area contributed by atoms with E-state index >= 15 is 0 Å². The Bertz CT molecular complexity index is 516. The van der Waals surface area contributed by atoms with Gasteiger partial charge in [-0.1, -0.05) is 25.1 Å². The van der Waals surface area contributed by atoms with Crippen LogP contribution in [0.5, 0.6) is 5.75 Å². The van der Waals surface area contributed by atoms with Crippen LogP contribution in [0.3, 0.4) is 0 Å². The van der Waals surface area contributed by atoms with Gasteiger partial charge < -0.3 is 10.1 Å². The van der Waals surface area contributed by atoms with Crippen LogP contribution in [0.4, 0.5) is 0 Å². The highest BCUT2D eigenvalue weighted by Gasteiger charge is 2.17. The fraction of sp³-hybridized carbons (Fsp3) is 0.375. The van der Waals surface area contributed by atoms with Crippen molar-refractivity contribution in [1.82, 2.24) is 15.3 Å². The molecule has 1 atom stereocenters. The van der Waals surface area contributed by atoms with Crippen LogP contribution in [-0.4, -0.2) is 23.1 Å². The molecule has 1 heterocycles. The van der Waals surface area contributed by atoms with Gasteiger partial charge in [0.25, 0.3) is 0 Å². The number of aromatic nitrogens is 2. The van der Waals surface area contributed by atoms with E-state index in [1.54, 1.807) is 6.33 Å². The molecule has 4 heteroatoms. The average molecular weight is 271 g/mol. The number of nitrogens with zero attached hydrogens (tertiary/aromatic N) is 2. The molecule has 0 aliphatic heterocycles. The molecule has 4 nitrogen and oxygen atoms in total. The fourth-order valence-electron chi connectivity index (χ4n) is 2.16. The van der Waals surface area contributed by atoms with Crippen molar-refractivity contribution < 1.29 is 4.74 Å². The molecule has 20 heavy (non-hydrogen) atoms. The molecule has 0 spiro atoms. The van der Waals surface area contributed by atoms with Crippen LogP contribution in [0, 0.1) is 0 Å². The molecule has 0 radical (unpaired) electrons. The number of benzene rings is 1. The maximum atomic E-state index is 5.74. The maximum absolute atomic E-state index is 5.74. The highest BCUT2D eigenvalue weighted by atomic mass is 16.5. The first kappa shape index (κ1) is 14.5. The van der Waals surface area contributed by atoms with Crippen molar-refractivity contribution in [2.45, 2.75) is 26.3 Å². The van der Waals surface area contributed by atoms with Gasteiger partial charge in [-0.2, -0.15) is 0 Å². The van der Waals surface area contributed by atoms with Gasteiger partial charge in [0.1, 0.15) is 12.1 Å². The van der Waals surface area contributed by atoms with Gasteiger partial charge in [0.2, 0.25) is 0 Å². The molecule has 0 aliphatic carbocycles. The lowest BCUT2D eigenvalue weighted by molar-refractivity contribution is 0.333. The molecule has 1 unspecified atom stereocenters. The van der Waals surface area contributed by atoms with Gasteiger partial charge in [-0.3, -0.25) is 0 Å². The summed E-state index contributed by atoms with van der Waals surface area (Å²) >= 11 is 0. The van der Waals surface area contributed by atoms with Crippen LogP contribution in [-0.2, 0) is 0 Å². The minimum absolute atomic E-state index is 0.0545. The normalized spacial score (nSPS) is 12.1. The highest BCUT2D eigenvalue weighted by molar-refractivity contribution is 5.40.